The molecule has 2 N–H and O–H groups in total. The molecule has 9 heavy (non-hydrogen) atoms. The van der Waals surface area contributed by atoms with Crippen LogP contribution in [0.4, 0.5) is 0 Å². The van der Waals surface area contributed by atoms with Gasteiger partial charge in [0.25, 0.3) is 0 Å². The predicted octanol–water partition coefficient (Wildman–Crippen LogP) is 0.346. The van der Waals surface area contributed by atoms with Gasteiger partial charge in [0.2, 0.25) is 0 Å². The molecule has 0 aromatic carbocycles. The first-order chi connectivity index (χ1) is 4.38. The van der Waals surface area contributed by atoms with Gasteiger partial charge in [-0.2, -0.15) is 0 Å². The molecular weight excluding hydrogens is 112 g/mol. The van der Waals surface area contributed by atoms with Crippen molar-refractivity contribution >= 4 is 0 Å². The van der Waals surface area contributed by atoms with Gasteiger partial charge in [0, 0.05) is 12.1 Å². The van der Waals surface area contributed by atoms with Gasteiger partial charge in [0.1, 0.15) is 0 Å². The number of hydrogen-bond donors (Lipinski definition) is 2. The smallest absolute Gasteiger partial charge is 0.0218 e. The van der Waals surface area contributed by atoms with E-state index < -0.39 is 0 Å². The minimum Gasteiger partial charge on any atom is -0.315 e. The first-order valence-corrected chi connectivity index (χ1v) is 3.73. The summed E-state index contributed by atoms with van der Waals surface area (Å²) in [6.07, 6.45) is 4.04. The molecule has 0 aromatic heterocycles. The van der Waals surface area contributed by atoms with Crippen LogP contribution in [0.1, 0.15) is 19.3 Å². The zero-order valence-electron chi connectivity index (χ0n) is 6.28. The zero-order valence-corrected chi connectivity index (χ0v) is 6.28. The summed E-state index contributed by atoms with van der Waals surface area (Å²) in [6, 6.07) is 1.44. The summed E-state index contributed by atoms with van der Waals surface area (Å²) in [6.45, 7) is 0. The molecule has 54 valence electrons. The molecule has 0 radical (unpaired) electrons. The molecule has 1 aliphatic carbocycles. The maximum Gasteiger partial charge on any atom is 0.0218 e. The van der Waals surface area contributed by atoms with Crippen LogP contribution in [-0.4, -0.2) is 26.2 Å². The molecule has 2 atom stereocenters. The van der Waals surface area contributed by atoms with Gasteiger partial charge in [-0.3, -0.25) is 0 Å². The van der Waals surface area contributed by atoms with Gasteiger partial charge in [-0.05, 0) is 26.9 Å². The van der Waals surface area contributed by atoms with E-state index in [1.54, 1.807) is 0 Å². The molecule has 1 aliphatic rings. The Labute approximate surface area is 57.0 Å². The third-order valence-corrected chi connectivity index (χ3v) is 2.26. The van der Waals surface area contributed by atoms with Crippen molar-refractivity contribution in [3.8, 4) is 0 Å². The lowest BCUT2D eigenvalue weighted by atomic mass is 10.2. The van der Waals surface area contributed by atoms with E-state index >= 15 is 0 Å². The first kappa shape index (κ1) is 7.03. The summed E-state index contributed by atoms with van der Waals surface area (Å²) in [5.41, 5.74) is 0. The van der Waals surface area contributed by atoms with Crippen molar-refractivity contribution in [3.63, 3.8) is 0 Å². The summed E-state index contributed by atoms with van der Waals surface area (Å²) in [5.74, 6) is 0. The molecule has 0 aliphatic heterocycles. The van der Waals surface area contributed by atoms with Crippen molar-refractivity contribution in [1.82, 2.24) is 10.6 Å². The highest BCUT2D eigenvalue weighted by molar-refractivity contribution is 4.86. The van der Waals surface area contributed by atoms with Crippen LogP contribution >= 0.6 is 0 Å². The molecule has 1 fully saturated rings. The second-order valence-electron chi connectivity index (χ2n) is 2.72. The number of rotatable bonds is 2. The van der Waals surface area contributed by atoms with E-state index in [9.17, 15) is 0 Å². The zero-order chi connectivity index (χ0) is 6.69. The van der Waals surface area contributed by atoms with Gasteiger partial charge in [-0.25, -0.2) is 0 Å². The second kappa shape index (κ2) is 3.18. The molecule has 0 amide bonds. The molecule has 0 heterocycles. The lowest BCUT2D eigenvalue weighted by molar-refractivity contribution is 0.460. The van der Waals surface area contributed by atoms with Crippen molar-refractivity contribution in [2.24, 2.45) is 0 Å². The third-order valence-electron chi connectivity index (χ3n) is 2.26. The highest BCUT2D eigenvalue weighted by Gasteiger charge is 2.23. The van der Waals surface area contributed by atoms with Crippen molar-refractivity contribution in [1.29, 1.82) is 0 Å². The first-order valence-electron chi connectivity index (χ1n) is 3.73. The summed E-state index contributed by atoms with van der Waals surface area (Å²) in [4.78, 5) is 0. The summed E-state index contributed by atoms with van der Waals surface area (Å²) < 4.78 is 0. The maximum atomic E-state index is 3.30. The fourth-order valence-electron chi connectivity index (χ4n) is 1.65. The summed E-state index contributed by atoms with van der Waals surface area (Å²) in [7, 11) is 4.08. The number of nitrogens with one attached hydrogen (secondary N) is 2. The molecule has 0 spiro atoms. The minimum absolute atomic E-state index is 0.718. The van der Waals surface area contributed by atoms with Crippen LogP contribution in [0.3, 0.4) is 0 Å². The fourth-order valence-corrected chi connectivity index (χ4v) is 1.65. The fraction of sp³-hybridized carbons (Fsp3) is 1.00. The van der Waals surface area contributed by atoms with Gasteiger partial charge in [-0.1, -0.05) is 6.42 Å². The van der Waals surface area contributed by atoms with Crippen LogP contribution in [0, 0.1) is 0 Å². The second-order valence-corrected chi connectivity index (χ2v) is 2.72. The van der Waals surface area contributed by atoms with Crippen LogP contribution in [0.15, 0.2) is 0 Å². The van der Waals surface area contributed by atoms with Crippen LogP contribution < -0.4 is 10.6 Å². The maximum absolute atomic E-state index is 3.30. The summed E-state index contributed by atoms with van der Waals surface area (Å²) >= 11 is 0. The largest absolute Gasteiger partial charge is 0.315 e. The van der Waals surface area contributed by atoms with Gasteiger partial charge in [-0.15, -0.1) is 0 Å². The van der Waals surface area contributed by atoms with E-state index in [1.165, 1.54) is 19.3 Å². The van der Waals surface area contributed by atoms with Gasteiger partial charge in [0.05, 0.1) is 0 Å². The molecular formula is C7H16N2. The van der Waals surface area contributed by atoms with E-state index in [0.717, 1.165) is 12.1 Å². The number of hydrogen-bond acceptors (Lipinski definition) is 2. The van der Waals surface area contributed by atoms with E-state index in [4.69, 9.17) is 0 Å². The quantitative estimate of drug-likeness (QED) is 0.560. The Balaban J connectivity index is 2.32. The SMILES string of the molecule is CN[C@H]1CCC[C@@H]1NC. The Kier molecular flexibility index (Phi) is 2.49. The van der Waals surface area contributed by atoms with E-state index in [0.29, 0.717) is 0 Å². The van der Waals surface area contributed by atoms with E-state index in [-0.39, 0.29) is 0 Å². The average Bonchev–Trinajstić information content (AvgIpc) is 2.33. The van der Waals surface area contributed by atoms with E-state index in [2.05, 4.69) is 10.6 Å². The monoisotopic (exact) mass is 128 g/mol. The predicted molar refractivity (Wildman–Crippen MR) is 39.5 cm³/mol. The Morgan fingerprint density at radius 1 is 1.00 bits per heavy atom. The Hall–Kier alpha value is -0.0800. The van der Waals surface area contributed by atoms with Crippen LogP contribution in [0.5, 0.6) is 0 Å². The molecule has 0 unspecified atom stereocenters. The molecule has 2 heteroatoms. The topological polar surface area (TPSA) is 24.1 Å². The minimum atomic E-state index is 0.718. The van der Waals surface area contributed by atoms with Gasteiger partial charge >= 0.3 is 0 Å². The van der Waals surface area contributed by atoms with Crippen LogP contribution in [-0.2, 0) is 0 Å². The lowest BCUT2D eigenvalue weighted by Crippen LogP contribution is -2.40. The Morgan fingerprint density at radius 2 is 1.44 bits per heavy atom. The molecule has 0 saturated heterocycles. The average molecular weight is 128 g/mol. The molecule has 0 aromatic rings. The lowest BCUT2D eigenvalue weighted by Gasteiger charge is -2.17. The number of likely N-dealkylation sites (N-methyl/N-ethyl adjacent to an activating group) is 2. The highest BCUT2D eigenvalue weighted by Crippen LogP contribution is 2.17. The van der Waals surface area contributed by atoms with Crippen LogP contribution in [0.25, 0.3) is 0 Å². The molecule has 1 saturated carbocycles. The van der Waals surface area contributed by atoms with Crippen molar-refractivity contribution in [3.05, 3.63) is 0 Å². The highest BCUT2D eigenvalue weighted by atomic mass is 15.0. The Bertz CT molecular complexity index is 73.0. The molecule has 1 rings (SSSR count). The summed E-state index contributed by atoms with van der Waals surface area (Å²) in [5, 5.41) is 6.60. The van der Waals surface area contributed by atoms with Crippen LogP contribution in [0.2, 0.25) is 0 Å². The van der Waals surface area contributed by atoms with Gasteiger partial charge in [0.15, 0.2) is 0 Å². The van der Waals surface area contributed by atoms with Crippen molar-refractivity contribution < 1.29 is 0 Å². The standard InChI is InChI=1S/C7H16N2/c1-8-6-4-3-5-7(6)9-2/h6-9H,3-5H2,1-2H3/t6-,7-/m0/s1. The van der Waals surface area contributed by atoms with E-state index in [1.807, 2.05) is 14.1 Å². The normalized spacial score (nSPS) is 35.3. The van der Waals surface area contributed by atoms with Crippen molar-refractivity contribution in [2.75, 3.05) is 14.1 Å². The van der Waals surface area contributed by atoms with Gasteiger partial charge < -0.3 is 10.6 Å². The van der Waals surface area contributed by atoms with Crippen molar-refractivity contribution in [2.45, 2.75) is 31.3 Å². The third kappa shape index (κ3) is 1.43. The molecule has 2 nitrogen and oxygen atoms in total. The Morgan fingerprint density at radius 3 is 1.78 bits per heavy atom. The molecule has 0 bridgehead atoms.